The zero-order valence-corrected chi connectivity index (χ0v) is 14.7. The quantitative estimate of drug-likeness (QED) is 0.796. The highest BCUT2D eigenvalue weighted by Gasteiger charge is 2.19. The van der Waals surface area contributed by atoms with Crippen LogP contribution < -0.4 is 9.47 Å². The molecule has 0 bridgehead atoms. The van der Waals surface area contributed by atoms with Gasteiger partial charge in [-0.15, -0.1) is 0 Å². The fourth-order valence-electron chi connectivity index (χ4n) is 3.51. The first-order valence-corrected chi connectivity index (χ1v) is 8.75. The first-order chi connectivity index (χ1) is 11.8. The van der Waals surface area contributed by atoms with Crippen molar-refractivity contribution in [2.24, 2.45) is 5.92 Å². The summed E-state index contributed by atoms with van der Waals surface area (Å²) in [5, 5.41) is 0. The lowest BCUT2D eigenvalue weighted by Crippen LogP contribution is -2.33. The number of likely N-dealkylation sites (tertiary alicyclic amines) is 1. The summed E-state index contributed by atoms with van der Waals surface area (Å²) in [6, 6.07) is 17.0. The molecule has 0 saturated carbocycles. The second-order valence-corrected chi connectivity index (χ2v) is 6.63. The van der Waals surface area contributed by atoms with Gasteiger partial charge in [-0.1, -0.05) is 30.3 Å². The highest BCUT2D eigenvalue weighted by atomic mass is 16.5. The molecule has 1 aliphatic heterocycles. The zero-order chi connectivity index (χ0) is 16.8. The van der Waals surface area contributed by atoms with Crippen molar-refractivity contribution in [1.29, 1.82) is 0 Å². The van der Waals surface area contributed by atoms with Gasteiger partial charge in [0.15, 0.2) is 0 Å². The molecule has 24 heavy (non-hydrogen) atoms. The van der Waals surface area contributed by atoms with Crippen LogP contribution >= 0.6 is 0 Å². The SMILES string of the molecule is COc1cc(CN2CCC(Cc3ccccc3)CC2)cc(OC)c1. The summed E-state index contributed by atoms with van der Waals surface area (Å²) >= 11 is 0. The van der Waals surface area contributed by atoms with Crippen LogP contribution in [-0.4, -0.2) is 32.2 Å². The smallest absolute Gasteiger partial charge is 0.122 e. The lowest BCUT2D eigenvalue weighted by atomic mass is 9.90. The van der Waals surface area contributed by atoms with E-state index in [-0.39, 0.29) is 0 Å². The molecule has 0 unspecified atom stereocenters. The van der Waals surface area contributed by atoms with E-state index in [4.69, 9.17) is 9.47 Å². The van der Waals surface area contributed by atoms with Crippen molar-refractivity contribution in [2.75, 3.05) is 27.3 Å². The first kappa shape index (κ1) is 16.8. The molecule has 3 rings (SSSR count). The summed E-state index contributed by atoms with van der Waals surface area (Å²) in [4.78, 5) is 2.54. The molecule has 128 valence electrons. The molecular formula is C21H27NO2. The lowest BCUT2D eigenvalue weighted by Gasteiger charge is -2.32. The Morgan fingerprint density at radius 2 is 1.50 bits per heavy atom. The van der Waals surface area contributed by atoms with Crippen LogP contribution in [0, 0.1) is 5.92 Å². The molecule has 1 aliphatic rings. The third-order valence-corrected chi connectivity index (χ3v) is 4.89. The van der Waals surface area contributed by atoms with Gasteiger partial charge in [0.2, 0.25) is 0 Å². The van der Waals surface area contributed by atoms with E-state index in [1.807, 2.05) is 6.07 Å². The summed E-state index contributed by atoms with van der Waals surface area (Å²) in [6.07, 6.45) is 3.76. The molecule has 0 radical (unpaired) electrons. The van der Waals surface area contributed by atoms with Gasteiger partial charge in [-0.2, -0.15) is 0 Å². The van der Waals surface area contributed by atoms with Crippen LogP contribution in [0.15, 0.2) is 48.5 Å². The van der Waals surface area contributed by atoms with E-state index in [2.05, 4.69) is 47.4 Å². The van der Waals surface area contributed by atoms with Crippen LogP contribution in [0.25, 0.3) is 0 Å². The summed E-state index contributed by atoms with van der Waals surface area (Å²) in [5.74, 6) is 2.54. The van der Waals surface area contributed by atoms with Gasteiger partial charge in [0, 0.05) is 12.6 Å². The molecule has 0 amide bonds. The van der Waals surface area contributed by atoms with Gasteiger partial charge >= 0.3 is 0 Å². The van der Waals surface area contributed by atoms with E-state index in [9.17, 15) is 0 Å². The zero-order valence-electron chi connectivity index (χ0n) is 14.7. The number of piperidine rings is 1. The van der Waals surface area contributed by atoms with E-state index in [0.717, 1.165) is 37.1 Å². The predicted molar refractivity (Wildman–Crippen MR) is 97.7 cm³/mol. The fourth-order valence-corrected chi connectivity index (χ4v) is 3.51. The third-order valence-electron chi connectivity index (χ3n) is 4.89. The Kier molecular flexibility index (Phi) is 5.76. The molecule has 1 heterocycles. The van der Waals surface area contributed by atoms with Crippen molar-refractivity contribution in [3.8, 4) is 11.5 Å². The van der Waals surface area contributed by atoms with Crippen molar-refractivity contribution in [1.82, 2.24) is 4.90 Å². The predicted octanol–water partition coefficient (Wildman–Crippen LogP) is 4.16. The van der Waals surface area contributed by atoms with E-state index < -0.39 is 0 Å². The maximum Gasteiger partial charge on any atom is 0.122 e. The fraction of sp³-hybridized carbons (Fsp3) is 0.429. The Hall–Kier alpha value is -2.00. The molecule has 2 aromatic carbocycles. The molecule has 0 N–H and O–H groups in total. The molecule has 1 saturated heterocycles. The van der Waals surface area contributed by atoms with E-state index in [1.165, 1.54) is 30.4 Å². The molecule has 1 fully saturated rings. The Morgan fingerprint density at radius 3 is 2.08 bits per heavy atom. The van der Waals surface area contributed by atoms with Crippen molar-refractivity contribution in [2.45, 2.75) is 25.8 Å². The van der Waals surface area contributed by atoms with Gasteiger partial charge in [-0.3, -0.25) is 4.90 Å². The standard InChI is InChI=1S/C21H27NO2/c1-23-20-13-19(14-21(15-20)24-2)16-22-10-8-18(9-11-22)12-17-6-4-3-5-7-17/h3-7,13-15,18H,8-12,16H2,1-2H3. The highest BCUT2D eigenvalue weighted by Crippen LogP contribution is 2.26. The average Bonchev–Trinajstić information content (AvgIpc) is 2.64. The van der Waals surface area contributed by atoms with Gasteiger partial charge in [-0.05, 0) is 61.5 Å². The summed E-state index contributed by atoms with van der Waals surface area (Å²) in [7, 11) is 3.40. The Labute approximate surface area is 145 Å². The van der Waals surface area contributed by atoms with Crippen LogP contribution in [-0.2, 0) is 13.0 Å². The maximum absolute atomic E-state index is 5.37. The minimum Gasteiger partial charge on any atom is -0.497 e. The third kappa shape index (κ3) is 4.51. The lowest BCUT2D eigenvalue weighted by molar-refractivity contribution is 0.176. The minimum absolute atomic E-state index is 0.809. The molecular weight excluding hydrogens is 298 g/mol. The Balaban J connectivity index is 1.54. The van der Waals surface area contributed by atoms with Crippen LogP contribution in [0.2, 0.25) is 0 Å². The number of rotatable bonds is 6. The molecule has 3 heteroatoms. The Morgan fingerprint density at radius 1 is 0.875 bits per heavy atom. The normalized spacial score (nSPS) is 16.1. The van der Waals surface area contributed by atoms with Crippen molar-refractivity contribution < 1.29 is 9.47 Å². The number of hydrogen-bond donors (Lipinski definition) is 0. The molecule has 0 aromatic heterocycles. The van der Waals surface area contributed by atoms with Crippen molar-refractivity contribution >= 4 is 0 Å². The number of methoxy groups -OCH3 is 2. The van der Waals surface area contributed by atoms with Crippen molar-refractivity contribution in [3.63, 3.8) is 0 Å². The second kappa shape index (κ2) is 8.20. The van der Waals surface area contributed by atoms with Gasteiger partial charge in [0.1, 0.15) is 11.5 Å². The van der Waals surface area contributed by atoms with Crippen LogP contribution in [0.3, 0.4) is 0 Å². The van der Waals surface area contributed by atoms with Crippen LogP contribution in [0.1, 0.15) is 24.0 Å². The van der Waals surface area contributed by atoms with Gasteiger partial charge in [0.25, 0.3) is 0 Å². The van der Waals surface area contributed by atoms with Crippen LogP contribution in [0.4, 0.5) is 0 Å². The minimum atomic E-state index is 0.809. The molecule has 0 aliphatic carbocycles. The number of ether oxygens (including phenoxy) is 2. The molecule has 2 aromatic rings. The topological polar surface area (TPSA) is 21.7 Å². The summed E-state index contributed by atoms with van der Waals surface area (Å²) in [5.41, 5.74) is 2.72. The second-order valence-electron chi connectivity index (χ2n) is 6.63. The van der Waals surface area contributed by atoms with E-state index in [1.54, 1.807) is 14.2 Å². The number of benzene rings is 2. The van der Waals surface area contributed by atoms with Gasteiger partial charge < -0.3 is 9.47 Å². The number of nitrogens with zero attached hydrogens (tertiary/aromatic N) is 1. The summed E-state index contributed by atoms with van der Waals surface area (Å²) in [6.45, 7) is 3.29. The average molecular weight is 325 g/mol. The first-order valence-electron chi connectivity index (χ1n) is 8.75. The number of hydrogen-bond acceptors (Lipinski definition) is 3. The van der Waals surface area contributed by atoms with E-state index >= 15 is 0 Å². The van der Waals surface area contributed by atoms with Gasteiger partial charge in [-0.25, -0.2) is 0 Å². The maximum atomic E-state index is 5.37. The Bertz CT molecular complexity index is 611. The summed E-state index contributed by atoms with van der Waals surface area (Å²) < 4.78 is 10.7. The largest absolute Gasteiger partial charge is 0.497 e. The highest BCUT2D eigenvalue weighted by molar-refractivity contribution is 5.38. The van der Waals surface area contributed by atoms with Crippen molar-refractivity contribution in [3.05, 3.63) is 59.7 Å². The van der Waals surface area contributed by atoms with Gasteiger partial charge in [0.05, 0.1) is 14.2 Å². The molecule has 3 nitrogen and oxygen atoms in total. The molecule has 0 spiro atoms. The van der Waals surface area contributed by atoms with Crippen LogP contribution in [0.5, 0.6) is 11.5 Å². The monoisotopic (exact) mass is 325 g/mol. The molecule has 0 atom stereocenters. The van der Waals surface area contributed by atoms with E-state index in [0.29, 0.717) is 0 Å².